The smallest absolute Gasteiger partial charge is 0.217 e. The van der Waals surface area contributed by atoms with Crippen molar-refractivity contribution in [2.45, 2.75) is 19.9 Å². The van der Waals surface area contributed by atoms with Crippen LogP contribution >= 0.6 is 15.9 Å². The molecular formula is C6H11BrN4. The highest BCUT2D eigenvalue weighted by Crippen LogP contribution is 2.15. The number of H-pyrrole nitrogens is 1. The van der Waals surface area contributed by atoms with Gasteiger partial charge < -0.3 is 5.73 Å². The van der Waals surface area contributed by atoms with Crippen LogP contribution in [0.15, 0.2) is 4.73 Å². The first-order valence-electron chi connectivity index (χ1n) is 3.44. The third-order valence-electron chi connectivity index (χ3n) is 1.51. The fourth-order valence-corrected chi connectivity index (χ4v) is 0.997. The summed E-state index contributed by atoms with van der Waals surface area (Å²) in [7, 11) is 0. The van der Waals surface area contributed by atoms with Gasteiger partial charge in [-0.05, 0) is 21.8 Å². The summed E-state index contributed by atoms with van der Waals surface area (Å²) in [5.74, 6) is 1.10. The normalized spacial score (nSPS) is 13.9. The molecule has 0 bridgehead atoms. The Morgan fingerprint density at radius 3 is 2.55 bits per heavy atom. The van der Waals surface area contributed by atoms with Crippen molar-refractivity contribution in [1.29, 1.82) is 0 Å². The molecule has 0 aliphatic carbocycles. The van der Waals surface area contributed by atoms with Gasteiger partial charge in [-0.3, -0.25) is 5.10 Å². The molecular weight excluding hydrogens is 208 g/mol. The third-order valence-corrected chi connectivity index (χ3v) is 1.86. The van der Waals surface area contributed by atoms with E-state index in [-0.39, 0.29) is 6.04 Å². The lowest BCUT2D eigenvalue weighted by atomic mass is 10.1. The predicted molar refractivity (Wildman–Crippen MR) is 45.8 cm³/mol. The van der Waals surface area contributed by atoms with Crippen LogP contribution < -0.4 is 5.73 Å². The van der Waals surface area contributed by atoms with Crippen LogP contribution in [0, 0.1) is 5.92 Å². The Morgan fingerprint density at radius 1 is 1.55 bits per heavy atom. The summed E-state index contributed by atoms with van der Waals surface area (Å²) in [5, 5.41) is 6.57. The van der Waals surface area contributed by atoms with E-state index in [2.05, 4.69) is 31.1 Å². The highest BCUT2D eigenvalue weighted by atomic mass is 79.9. The van der Waals surface area contributed by atoms with Crippen molar-refractivity contribution < 1.29 is 0 Å². The lowest BCUT2D eigenvalue weighted by Crippen LogP contribution is -2.18. The highest BCUT2D eigenvalue weighted by molar-refractivity contribution is 9.10. The zero-order valence-corrected chi connectivity index (χ0v) is 8.09. The Balaban J connectivity index is 2.76. The van der Waals surface area contributed by atoms with Gasteiger partial charge in [0.1, 0.15) is 5.82 Å². The summed E-state index contributed by atoms with van der Waals surface area (Å²) in [6.45, 7) is 4.09. The molecule has 1 unspecified atom stereocenters. The van der Waals surface area contributed by atoms with Gasteiger partial charge in [-0.1, -0.05) is 13.8 Å². The number of aromatic nitrogens is 3. The molecule has 0 aromatic carbocycles. The molecule has 5 heteroatoms. The van der Waals surface area contributed by atoms with Crippen LogP contribution in [-0.2, 0) is 0 Å². The average molecular weight is 219 g/mol. The SMILES string of the molecule is CC(C)C(N)c1nc(Br)n[nH]1. The van der Waals surface area contributed by atoms with Crippen LogP contribution in [-0.4, -0.2) is 15.2 Å². The predicted octanol–water partition coefficient (Wildman–Crippen LogP) is 1.22. The molecule has 1 rings (SSSR count). The molecule has 0 fully saturated rings. The summed E-state index contributed by atoms with van der Waals surface area (Å²) < 4.78 is 0.559. The molecule has 0 radical (unpaired) electrons. The molecule has 4 nitrogen and oxygen atoms in total. The molecule has 0 saturated heterocycles. The molecule has 0 saturated carbocycles. The Labute approximate surface area is 73.7 Å². The summed E-state index contributed by atoms with van der Waals surface area (Å²) in [5.41, 5.74) is 5.80. The Kier molecular flexibility index (Phi) is 2.62. The van der Waals surface area contributed by atoms with E-state index in [1.54, 1.807) is 0 Å². The molecule has 1 aromatic heterocycles. The fourth-order valence-electron chi connectivity index (χ4n) is 0.718. The largest absolute Gasteiger partial charge is 0.321 e. The van der Waals surface area contributed by atoms with Crippen LogP contribution in [0.1, 0.15) is 25.7 Å². The number of nitrogens with one attached hydrogen (secondary N) is 1. The highest BCUT2D eigenvalue weighted by Gasteiger charge is 2.13. The van der Waals surface area contributed by atoms with Crippen molar-refractivity contribution >= 4 is 15.9 Å². The quantitative estimate of drug-likeness (QED) is 0.785. The minimum Gasteiger partial charge on any atom is -0.321 e. The number of nitrogens with two attached hydrogens (primary N) is 1. The first-order valence-corrected chi connectivity index (χ1v) is 4.24. The Bertz CT molecular complexity index is 232. The number of aromatic amines is 1. The molecule has 1 heterocycles. The van der Waals surface area contributed by atoms with Gasteiger partial charge >= 0.3 is 0 Å². The van der Waals surface area contributed by atoms with Gasteiger partial charge in [0, 0.05) is 0 Å². The van der Waals surface area contributed by atoms with Gasteiger partial charge in [0.2, 0.25) is 4.73 Å². The van der Waals surface area contributed by atoms with Crippen molar-refractivity contribution in [1.82, 2.24) is 15.2 Å². The molecule has 1 atom stereocenters. The van der Waals surface area contributed by atoms with Crippen molar-refractivity contribution in [2.75, 3.05) is 0 Å². The zero-order chi connectivity index (χ0) is 8.43. The van der Waals surface area contributed by atoms with Crippen molar-refractivity contribution in [3.05, 3.63) is 10.6 Å². The number of rotatable bonds is 2. The Hall–Kier alpha value is -0.420. The summed E-state index contributed by atoms with van der Waals surface area (Å²) >= 11 is 3.14. The lowest BCUT2D eigenvalue weighted by molar-refractivity contribution is 0.491. The lowest BCUT2D eigenvalue weighted by Gasteiger charge is -2.10. The first kappa shape index (κ1) is 8.67. The van der Waals surface area contributed by atoms with Crippen LogP contribution in [0.2, 0.25) is 0 Å². The monoisotopic (exact) mass is 218 g/mol. The van der Waals surface area contributed by atoms with E-state index in [1.165, 1.54) is 0 Å². The molecule has 3 N–H and O–H groups in total. The standard InChI is InChI=1S/C6H11BrN4/c1-3(2)4(8)5-9-6(7)11-10-5/h3-4H,8H2,1-2H3,(H,9,10,11). The molecule has 0 aliphatic rings. The third kappa shape index (κ3) is 2.00. The van der Waals surface area contributed by atoms with Gasteiger partial charge in [0.15, 0.2) is 0 Å². The van der Waals surface area contributed by atoms with Crippen LogP contribution in [0.4, 0.5) is 0 Å². The molecule has 1 aromatic rings. The second kappa shape index (κ2) is 3.32. The molecule has 0 spiro atoms. The van der Waals surface area contributed by atoms with E-state index >= 15 is 0 Å². The maximum atomic E-state index is 5.80. The van der Waals surface area contributed by atoms with Crippen LogP contribution in [0.25, 0.3) is 0 Å². The average Bonchev–Trinajstić information content (AvgIpc) is 2.34. The first-order chi connectivity index (χ1) is 5.11. The molecule has 0 amide bonds. The van der Waals surface area contributed by atoms with Crippen molar-refractivity contribution in [3.8, 4) is 0 Å². The summed E-state index contributed by atoms with van der Waals surface area (Å²) in [4.78, 5) is 4.06. The van der Waals surface area contributed by atoms with E-state index in [4.69, 9.17) is 5.73 Å². The number of halogens is 1. The van der Waals surface area contributed by atoms with Crippen LogP contribution in [0.3, 0.4) is 0 Å². The van der Waals surface area contributed by atoms with Gasteiger partial charge in [0.05, 0.1) is 6.04 Å². The van der Waals surface area contributed by atoms with Crippen molar-refractivity contribution in [2.24, 2.45) is 11.7 Å². The van der Waals surface area contributed by atoms with E-state index in [0.717, 1.165) is 5.82 Å². The number of nitrogens with zero attached hydrogens (tertiary/aromatic N) is 2. The van der Waals surface area contributed by atoms with Gasteiger partial charge in [0.25, 0.3) is 0 Å². The Morgan fingerprint density at radius 2 is 2.18 bits per heavy atom. The van der Waals surface area contributed by atoms with Gasteiger partial charge in [-0.2, -0.15) is 0 Å². The maximum Gasteiger partial charge on any atom is 0.217 e. The second-order valence-corrected chi connectivity index (χ2v) is 3.47. The zero-order valence-electron chi connectivity index (χ0n) is 6.50. The van der Waals surface area contributed by atoms with E-state index in [1.807, 2.05) is 13.8 Å². The fraction of sp³-hybridized carbons (Fsp3) is 0.667. The maximum absolute atomic E-state index is 5.80. The topological polar surface area (TPSA) is 67.6 Å². The van der Waals surface area contributed by atoms with Gasteiger partial charge in [-0.25, -0.2) is 4.98 Å². The minimum atomic E-state index is -0.0613. The minimum absolute atomic E-state index is 0.0613. The van der Waals surface area contributed by atoms with Crippen LogP contribution in [0.5, 0.6) is 0 Å². The summed E-state index contributed by atoms with van der Waals surface area (Å²) in [6, 6.07) is -0.0613. The van der Waals surface area contributed by atoms with E-state index in [0.29, 0.717) is 10.7 Å². The van der Waals surface area contributed by atoms with Gasteiger partial charge in [-0.15, -0.1) is 5.10 Å². The molecule has 62 valence electrons. The van der Waals surface area contributed by atoms with E-state index in [9.17, 15) is 0 Å². The summed E-state index contributed by atoms with van der Waals surface area (Å²) in [6.07, 6.45) is 0. The molecule has 0 aliphatic heterocycles. The number of hydrogen-bond donors (Lipinski definition) is 2. The number of hydrogen-bond acceptors (Lipinski definition) is 3. The van der Waals surface area contributed by atoms with Crippen molar-refractivity contribution in [3.63, 3.8) is 0 Å². The van der Waals surface area contributed by atoms with E-state index < -0.39 is 0 Å². The second-order valence-electron chi connectivity index (χ2n) is 2.76. The molecule has 11 heavy (non-hydrogen) atoms.